The van der Waals surface area contributed by atoms with Gasteiger partial charge in [0.05, 0.1) is 6.04 Å². The van der Waals surface area contributed by atoms with Crippen LogP contribution in [0.2, 0.25) is 0 Å². The van der Waals surface area contributed by atoms with Crippen molar-refractivity contribution in [3.8, 4) is 0 Å². The Balaban J connectivity index is 1.92. The summed E-state index contributed by atoms with van der Waals surface area (Å²) in [6.07, 6.45) is 6.90. The molecule has 0 aliphatic carbocycles. The van der Waals surface area contributed by atoms with E-state index in [1.807, 2.05) is 12.1 Å². The second-order valence-electron chi connectivity index (χ2n) is 4.32. The number of benzene rings is 1. The average molecular weight is 275 g/mol. The molecule has 1 aromatic carbocycles. The molecule has 19 heavy (non-hydrogen) atoms. The number of carbonyl (C=O) groups excluding carboxylic acids is 2. The van der Waals surface area contributed by atoms with Gasteiger partial charge in [-0.25, -0.2) is 10.0 Å². The molecule has 0 spiro atoms. The highest BCUT2D eigenvalue weighted by Crippen LogP contribution is 2.30. The fourth-order valence-corrected chi connectivity index (χ4v) is 2.44. The van der Waals surface area contributed by atoms with Crippen molar-refractivity contribution in [3.05, 3.63) is 60.3 Å². The molecular formula is C14H11ClN2O2. The largest absolute Gasteiger partial charge is 0.276 e. The third-order valence-corrected chi connectivity index (χ3v) is 3.60. The molecule has 1 aromatic rings. The van der Waals surface area contributed by atoms with Crippen molar-refractivity contribution in [2.75, 3.05) is 0 Å². The molecule has 1 fully saturated rings. The second-order valence-corrected chi connectivity index (χ2v) is 4.79. The lowest BCUT2D eigenvalue weighted by Crippen LogP contribution is -2.67. The van der Waals surface area contributed by atoms with Crippen LogP contribution in [0.15, 0.2) is 54.8 Å². The summed E-state index contributed by atoms with van der Waals surface area (Å²) in [6, 6.07) is 8.57. The van der Waals surface area contributed by atoms with Crippen LogP contribution in [0.1, 0.15) is 10.4 Å². The van der Waals surface area contributed by atoms with Crippen molar-refractivity contribution >= 4 is 23.4 Å². The lowest BCUT2D eigenvalue weighted by Gasteiger charge is -2.46. The number of β-lactam (4-membered cyclic amide) rings is 1. The van der Waals surface area contributed by atoms with E-state index in [0.717, 1.165) is 0 Å². The molecule has 5 heteroatoms. The van der Waals surface area contributed by atoms with E-state index >= 15 is 0 Å². The van der Waals surface area contributed by atoms with Crippen LogP contribution in [-0.4, -0.2) is 33.3 Å². The molecule has 0 radical (unpaired) electrons. The van der Waals surface area contributed by atoms with E-state index in [-0.39, 0.29) is 17.9 Å². The number of halogens is 1. The summed E-state index contributed by atoms with van der Waals surface area (Å²) in [4.78, 5) is 24.2. The van der Waals surface area contributed by atoms with E-state index in [4.69, 9.17) is 11.6 Å². The molecule has 0 unspecified atom stereocenters. The molecule has 4 nitrogen and oxygen atoms in total. The Hall–Kier alpha value is -2.07. The van der Waals surface area contributed by atoms with Gasteiger partial charge in [-0.3, -0.25) is 9.59 Å². The van der Waals surface area contributed by atoms with Gasteiger partial charge in [-0.1, -0.05) is 30.4 Å². The van der Waals surface area contributed by atoms with Crippen LogP contribution in [0.3, 0.4) is 0 Å². The van der Waals surface area contributed by atoms with Crippen LogP contribution in [0.25, 0.3) is 0 Å². The summed E-state index contributed by atoms with van der Waals surface area (Å²) in [6.45, 7) is 0. The highest BCUT2D eigenvalue weighted by molar-refractivity contribution is 6.34. The van der Waals surface area contributed by atoms with Gasteiger partial charge >= 0.3 is 0 Å². The quantitative estimate of drug-likeness (QED) is 0.580. The van der Waals surface area contributed by atoms with Gasteiger partial charge < -0.3 is 0 Å². The first-order chi connectivity index (χ1) is 9.20. The number of carbonyl (C=O) groups is 2. The summed E-state index contributed by atoms with van der Waals surface area (Å²) >= 11 is 5.95. The Morgan fingerprint density at radius 3 is 2.63 bits per heavy atom. The lowest BCUT2D eigenvalue weighted by atomic mass is 10.0. The maximum atomic E-state index is 12.4. The van der Waals surface area contributed by atoms with Crippen molar-refractivity contribution in [1.82, 2.24) is 10.0 Å². The van der Waals surface area contributed by atoms with Crippen LogP contribution in [0.4, 0.5) is 0 Å². The van der Waals surface area contributed by atoms with Gasteiger partial charge in [0.25, 0.3) is 11.8 Å². The molecule has 2 aliphatic heterocycles. The number of hydrogen-bond acceptors (Lipinski definition) is 2. The molecule has 2 heterocycles. The zero-order chi connectivity index (χ0) is 13.4. The first kappa shape index (κ1) is 12.0. The van der Waals surface area contributed by atoms with E-state index in [1.165, 1.54) is 10.0 Å². The first-order valence-corrected chi connectivity index (χ1v) is 6.34. The van der Waals surface area contributed by atoms with Crippen LogP contribution in [0, 0.1) is 0 Å². The second kappa shape index (κ2) is 4.55. The molecule has 0 aromatic heterocycles. The van der Waals surface area contributed by atoms with E-state index in [9.17, 15) is 9.59 Å². The van der Waals surface area contributed by atoms with Gasteiger partial charge in [0.15, 0.2) is 0 Å². The highest BCUT2D eigenvalue weighted by Gasteiger charge is 2.49. The number of nitrogens with zero attached hydrogens (tertiary/aromatic N) is 2. The van der Waals surface area contributed by atoms with Crippen molar-refractivity contribution < 1.29 is 9.59 Å². The zero-order valence-electron chi connectivity index (χ0n) is 9.94. The van der Waals surface area contributed by atoms with Crippen molar-refractivity contribution in [3.63, 3.8) is 0 Å². The fraction of sp³-hybridized carbons (Fsp3) is 0.143. The van der Waals surface area contributed by atoms with E-state index in [1.54, 1.807) is 42.6 Å². The lowest BCUT2D eigenvalue weighted by molar-refractivity contribution is -0.158. The summed E-state index contributed by atoms with van der Waals surface area (Å²) in [7, 11) is 0. The van der Waals surface area contributed by atoms with Crippen molar-refractivity contribution in [1.29, 1.82) is 0 Å². The zero-order valence-corrected chi connectivity index (χ0v) is 10.7. The third kappa shape index (κ3) is 1.85. The molecule has 2 aliphatic rings. The topological polar surface area (TPSA) is 40.6 Å². The first-order valence-electron chi connectivity index (χ1n) is 5.91. The van der Waals surface area contributed by atoms with Crippen LogP contribution in [-0.2, 0) is 4.79 Å². The van der Waals surface area contributed by atoms with Crippen LogP contribution < -0.4 is 0 Å². The SMILES string of the molecule is O=C(c1ccccc1)N1C=CC=C[C@@H]2[C@@H](Cl)C(=O)N21. The average Bonchev–Trinajstić information content (AvgIpc) is 2.67. The van der Waals surface area contributed by atoms with E-state index in [0.29, 0.717) is 5.56 Å². The minimum Gasteiger partial charge on any atom is -0.271 e. The molecule has 3 rings (SSSR count). The molecule has 0 N–H and O–H groups in total. The van der Waals surface area contributed by atoms with Gasteiger partial charge in [-0.2, -0.15) is 0 Å². The van der Waals surface area contributed by atoms with Crippen LogP contribution in [0.5, 0.6) is 0 Å². The summed E-state index contributed by atoms with van der Waals surface area (Å²) in [5, 5.41) is 2.11. The van der Waals surface area contributed by atoms with Gasteiger partial charge in [-0.15, -0.1) is 11.6 Å². The van der Waals surface area contributed by atoms with Gasteiger partial charge in [0, 0.05) is 11.8 Å². The Morgan fingerprint density at radius 1 is 1.16 bits per heavy atom. The number of hydrogen-bond donors (Lipinski definition) is 0. The minimum atomic E-state index is -0.595. The maximum Gasteiger partial charge on any atom is 0.276 e. The molecule has 0 bridgehead atoms. The molecule has 0 saturated carbocycles. The smallest absolute Gasteiger partial charge is 0.271 e. The number of fused-ring (bicyclic) bond motifs is 1. The van der Waals surface area contributed by atoms with Crippen molar-refractivity contribution in [2.45, 2.75) is 11.4 Å². The minimum absolute atomic E-state index is 0.248. The van der Waals surface area contributed by atoms with Crippen molar-refractivity contribution in [2.24, 2.45) is 0 Å². The van der Waals surface area contributed by atoms with Gasteiger partial charge in [0.1, 0.15) is 5.38 Å². The van der Waals surface area contributed by atoms with Gasteiger partial charge in [-0.05, 0) is 18.2 Å². The predicted molar refractivity (Wildman–Crippen MR) is 71.2 cm³/mol. The molecule has 2 amide bonds. The van der Waals surface area contributed by atoms with Gasteiger partial charge in [0.2, 0.25) is 0 Å². The molecular weight excluding hydrogens is 264 g/mol. The summed E-state index contributed by atoms with van der Waals surface area (Å²) in [5.41, 5.74) is 0.527. The van der Waals surface area contributed by atoms with E-state index in [2.05, 4.69) is 0 Å². The number of allylic oxidation sites excluding steroid dienone is 2. The normalized spacial score (nSPS) is 24.8. The monoisotopic (exact) mass is 274 g/mol. The number of amides is 2. The predicted octanol–water partition coefficient (Wildman–Crippen LogP) is 1.95. The molecule has 2 atom stereocenters. The van der Waals surface area contributed by atoms with Crippen LogP contribution >= 0.6 is 11.6 Å². The number of alkyl halides is 1. The maximum absolute atomic E-state index is 12.4. The Bertz CT molecular complexity index is 582. The fourth-order valence-electron chi connectivity index (χ4n) is 2.15. The summed E-state index contributed by atoms with van der Waals surface area (Å²) < 4.78 is 0. The Labute approximate surface area is 115 Å². The number of hydrazine groups is 1. The number of rotatable bonds is 1. The third-order valence-electron chi connectivity index (χ3n) is 3.15. The highest BCUT2D eigenvalue weighted by atomic mass is 35.5. The van der Waals surface area contributed by atoms with E-state index < -0.39 is 5.38 Å². The Morgan fingerprint density at radius 2 is 1.89 bits per heavy atom. The standard InChI is InChI=1S/C14H11ClN2O2/c15-12-11-8-4-5-9-16(17(11)14(12)19)13(18)10-6-2-1-3-7-10/h1-9,11-12H/t11-,12-/m1/s1. The Kier molecular flexibility index (Phi) is 2.87. The molecule has 1 saturated heterocycles. The summed E-state index contributed by atoms with van der Waals surface area (Å²) in [5.74, 6) is -0.505. The molecule has 96 valence electrons.